The van der Waals surface area contributed by atoms with Crippen LogP contribution in [0, 0.1) is 19.8 Å². The highest BCUT2D eigenvalue weighted by Crippen LogP contribution is 2.20. The maximum absolute atomic E-state index is 3.78. The number of nitrogens with zero attached hydrogens (tertiary/aromatic N) is 1. The molecule has 0 heterocycles. The first-order chi connectivity index (χ1) is 8.81. The summed E-state index contributed by atoms with van der Waals surface area (Å²) in [6.07, 6.45) is 0. The summed E-state index contributed by atoms with van der Waals surface area (Å²) in [7, 11) is 4.28. The Balaban J connectivity index is 2.78. The Hall–Kier alpha value is -0.860. The lowest BCUT2D eigenvalue weighted by atomic mass is 9.97. The molecule has 1 rings (SSSR count). The fraction of sp³-hybridized carbons (Fsp3) is 0.647. The summed E-state index contributed by atoms with van der Waals surface area (Å²) < 4.78 is 0. The lowest BCUT2D eigenvalue weighted by Crippen LogP contribution is -2.43. The monoisotopic (exact) mass is 262 g/mol. The molecule has 2 nitrogen and oxygen atoms in total. The van der Waals surface area contributed by atoms with E-state index in [1.807, 2.05) is 0 Å². The second-order valence-corrected chi connectivity index (χ2v) is 6.36. The molecular weight excluding hydrogens is 232 g/mol. The highest BCUT2D eigenvalue weighted by atomic mass is 15.1. The summed E-state index contributed by atoms with van der Waals surface area (Å²) in [6, 6.07) is 7.65. The smallest absolute Gasteiger partial charge is 0.0297 e. The topological polar surface area (TPSA) is 15.3 Å². The van der Waals surface area contributed by atoms with Gasteiger partial charge in [0.25, 0.3) is 0 Å². The average Bonchev–Trinajstić information content (AvgIpc) is 2.26. The Morgan fingerprint density at radius 2 is 1.74 bits per heavy atom. The summed E-state index contributed by atoms with van der Waals surface area (Å²) in [5.41, 5.74) is 4.13. The molecule has 1 aromatic carbocycles. The minimum absolute atomic E-state index is 0.396. The van der Waals surface area contributed by atoms with Crippen LogP contribution in [-0.4, -0.2) is 31.6 Å². The summed E-state index contributed by atoms with van der Waals surface area (Å²) in [5, 5.41) is 3.78. The highest BCUT2D eigenvalue weighted by molar-refractivity contribution is 5.32. The molecule has 0 spiro atoms. The van der Waals surface area contributed by atoms with Gasteiger partial charge in [0.15, 0.2) is 0 Å². The lowest BCUT2D eigenvalue weighted by Gasteiger charge is -2.29. The number of hydrogen-bond acceptors (Lipinski definition) is 2. The van der Waals surface area contributed by atoms with Gasteiger partial charge in [0, 0.05) is 18.6 Å². The molecule has 1 N–H and O–H groups in total. The van der Waals surface area contributed by atoms with E-state index in [4.69, 9.17) is 0 Å². The number of likely N-dealkylation sites (N-methyl/N-ethyl adjacent to an activating group) is 1. The molecule has 0 aromatic heterocycles. The molecule has 0 bridgehead atoms. The van der Waals surface area contributed by atoms with Crippen LogP contribution in [0.15, 0.2) is 18.2 Å². The van der Waals surface area contributed by atoms with E-state index in [1.165, 1.54) is 16.7 Å². The van der Waals surface area contributed by atoms with Crippen molar-refractivity contribution in [2.75, 3.05) is 20.6 Å². The van der Waals surface area contributed by atoms with Crippen LogP contribution >= 0.6 is 0 Å². The molecule has 2 heteroatoms. The van der Waals surface area contributed by atoms with Crippen LogP contribution in [0.3, 0.4) is 0 Å². The van der Waals surface area contributed by atoms with Gasteiger partial charge in [-0.3, -0.25) is 0 Å². The molecule has 0 aliphatic rings. The molecule has 0 saturated carbocycles. The quantitative estimate of drug-likeness (QED) is 0.843. The SMILES string of the molecule is Cc1ccc(C(C)NC(CN(C)C)C(C)C)c(C)c1. The Kier molecular flexibility index (Phi) is 6.02. The maximum atomic E-state index is 3.78. The Labute approximate surface area is 119 Å². The van der Waals surface area contributed by atoms with Gasteiger partial charge in [-0.05, 0) is 51.9 Å². The van der Waals surface area contributed by atoms with Gasteiger partial charge in [-0.25, -0.2) is 0 Å². The van der Waals surface area contributed by atoms with E-state index >= 15 is 0 Å². The van der Waals surface area contributed by atoms with Gasteiger partial charge in [0.2, 0.25) is 0 Å². The van der Waals surface area contributed by atoms with E-state index in [-0.39, 0.29) is 0 Å². The molecule has 0 saturated heterocycles. The summed E-state index contributed by atoms with van der Waals surface area (Å²) in [5.74, 6) is 0.635. The largest absolute Gasteiger partial charge is 0.308 e. The van der Waals surface area contributed by atoms with E-state index in [9.17, 15) is 0 Å². The van der Waals surface area contributed by atoms with Gasteiger partial charge in [-0.1, -0.05) is 37.6 Å². The minimum atomic E-state index is 0.396. The normalized spacial score (nSPS) is 15.0. The van der Waals surface area contributed by atoms with Crippen LogP contribution in [0.5, 0.6) is 0 Å². The second-order valence-electron chi connectivity index (χ2n) is 6.36. The van der Waals surface area contributed by atoms with E-state index in [1.54, 1.807) is 0 Å². The first-order valence-corrected chi connectivity index (χ1v) is 7.29. The third kappa shape index (κ3) is 4.96. The minimum Gasteiger partial charge on any atom is -0.308 e. The van der Waals surface area contributed by atoms with Crippen LogP contribution in [0.2, 0.25) is 0 Å². The number of hydrogen-bond donors (Lipinski definition) is 1. The number of benzene rings is 1. The van der Waals surface area contributed by atoms with Crippen molar-refractivity contribution in [3.63, 3.8) is 0 Å². The molecule has 0 amide bonds. The van der Waals surface area contributed by atoms with Gasteiger partial charge in [-0.2, -0.15) is 0 Å². The van der Waals surface area contributed by atoms with Crippen molar-refractivity contribution < 1.29 is 0 Å². The summed E-state index contributed by atoms with van der Waals surface area (Å²) in [4.78, 5) is 2.26. The first-order valence-electron chi connectivity index (χ1n) is 7.29. The molecule has 1 aromatic rings. The third-order valence-electron chi connectivity index (χ3n) is 3.72. The van der Waals surface area contributed by atoms with Gasteiger partial charge in [0.1, 0.15) is 0 Å². The zero-order valence-electron chi connectivity index (χ0n) is 13.6. The van der Waals surface area contributed by atoms with Gasteiger partial charge in [0.05, 0.1) is 0 Å². The van der Waals surface area contributed by atoms with Crippen LogP contribution < -0.4 is 5.32 Å². The van der Waals surface area contributed by atoms with Crippen molar-refractivity contribution >= 4 is 0 Å². The van der Waals surface area contributed by atoms with Gasteiger partial charge in [-0.15, -0.1) is 0 Å². The molecule has 108 valence electrons. The Morgan fingerprint density at radius 3 is 2.21 bits per heavy atom. The number of aryl methyl sites for hydroxylation is 2. The molecule has 2 unspecified atom stereocenters. The summed E-state index contributed by atoms with van der Waals surface area (Å²) >= 11 is 0. The standard InChI is InChI=1S/C17H30N2/c1-12(2)17(11-19(6)7)18-15(5)16-9-8-13(3)10-14(16)4/h8-10,12,15,17-18H,11H2,1-7H3. The van der Waals surface area contributed by atoms with Gasteiger partial charge >= 0.3 is 0 Å². The summed E-state index contributed by atoms with van der Waals surface area (Å²) in [6.45, 7) is 12.3. The fourth-order valence-electron chi connectivity index (χ4n) is 2.57. The average molecular weight is 262 g/mol. The predicted octanol–water partition coefficient (Wildman–Crippen LogP) is 3.54. The molecule has 0 aliphatic heterocycles. The van der Waals surface area contributed by atoms with E-state index in [0.29, 0.717) is 18.0 Å². The van der Waals surface area contributed by atoms with Crippen molar-refractivity contribution in [1.29, 1.82) is 0 Å². The maximum Gasteiger partial charge on any atom is 0.0297 e. The molecule has 0 aliphatic carbocycles. The van der Waals surface area contributed by atoms with Crippen LogP contribution in [0.1, 0.15) is 43.5 Å². The van der Waals surface area contributed by atoms with Crippen LogP contribution in [0.25, 0.3) is 0 Å². The van der Waals surface area contributed by atoms with E-state index < -0.39 is 0 Å². The van der Waals surface area contributed by atoms with Crippen molar-refractivity contribution in [2.24, 2.45) is 5.92 Å². The van der Waals surface area contributed by atoms with E-state index in [0.717, 1.165) is 6.54 Å². The molecule has 19 heavy (non-hydrogen) atoms. The zero-order valence-corrected chi connectivity index (χ0v) is 13.6. The zero-order chi connectivity index (χ0) is 14.6. The fourth-order valence-corrected chi connectivity index (χ4v) is 2.57. The number of nitrogens with one attached hydrogen (secondary N) is 1. The van der Waals surface area contributed by atoms with E-state index in [2.05, 4.69) is 77.1 Å². The Morgan fingerprint density at radius 1 is 1.11 bits per heavy atom. The molecule has 0 radical (unpaired) electrons. The predicted molar refractivity (Wildman–Crippen MR) is 84.6 cm³/mol. The number of rotatable bonds is 6. The Bertz CT molecular complexity index is 396. The van der Waals surface area contributed by atoms with Crippen molar-refractivity contribution in [3.8, 4) is 0 Å². The van der Waals surface area contributed by atoms with Gasteiger partial charge < -0.3 is 10.2 Å². The van der Waals surface area contributed by atoms with Crippen LogP contribution in [0.4, 0.5) is 0 Å². The van der Waals surface area contributed by atoms with Crippen molar-refractivity contribution in [3.05, 3.63) is 34.9 Å². The molecule has 0 fully saturated rings. The highest BCUT2D eigenvalue weighted by Gasteiger charge is 2.18. The second kappa shape index (κ2) is 7.06. The molecule has 2 atom stereocenters. The third-order valence-corrected chi connectivity index (χ3v) is 3.72. The van der Waals surface area contributed by atoms with Crippen molar-refractivity contribution in [1.82, 2.24) is 10.2 Å². The first kappa shape index (κ1) is 16.2. The lowest BCUT2D eigenvalue weighted by molar-refractivity contribution is 0.273. The van der Waals surface area contributed by atoms with Crippen molar-refractivity contribution in [2.45, 2.75) is 46.7 Å². The van der Waals surface area contributed by atoms with Crippen LogP contribution in [-0.2, 0) is 0 Å². The molecular formula is C17H30N2.